The van der Waals surface area contributed by atoms with Crippen LogP contribution < -0.4 is 0 Å². The van der Waals surface area contributed by atoms with Crippen LogP contribution >= 0.6 is 0 Å². The molecule has 0 rings (SSSR count). The molecular formula is C9H16O2. The van der Waals surface area contributed by atoms with E-state index in [1.54, 1.807) is 0 Å². The number of rotatable bonds is 3. The second kappa shape index (κ2) is 3.67. The Kier molecular flexibility index (Phi) is 3.46. The van der Waals surface area contributed by atoms with Crippen molar-refractivity contribution in [2.45, 2.75) is 39.7 Å². The fourth-order valence-electron chi connectivity index (χ4n) is 0.547. The number of hydrogen-bond acceptors (Lipinski definition) is 2. The highest BCUT2D eigenvalue weighted by atomic mass is 16.3. The Bertz CT molecular complexity index is 174. The van der Waals surface area contributed by atoms with Crippen LogP contribution in [0, 0.1) is 0 Å². The van der Waals surface area contributed by atoms with Gasteiger partial charge in [0.15, 0.2) is 5.78 Å². The van der Waals surface area contributed by atoms with Gasteiger partial charge in [-0.15, -0.1) is 0 Å². The van der Waals surface area contributed by atoms with Crippen molar-refractivity contribution in [3.8, 4) is 0 Å². The molecule has 1 N–H and O–H groups in total. The van der Waals surface area contributed by atoms with Gasteiger partial charge < -0.3 is 5.11 Å². The highest BCUT2D eigenvalue weighted by Gasteiger charge is 2.24. The van der Waals surface area contributed by atoms with Crippen molar-refractivity contribution in [3.63, 3.8) is 0 Å². The predicted octanol–water partition coefficient (Wildman–Crippen LogP) is 1.68. The van der Waals surface area contributed by atoms with Crippen LogP contribution in [0.25, 0.3) is 0 Å². The van der Waals surface area contributed by atoms with Gasteiger partial charge in [0.25, 0.3) is 0 Å². The van der Waals surface area contributed by atoms with Crippen molar-refractivity contribution in [2.24, 2.45) is 0 Å². The molecule has 0 fully saturated rings. The van der Waals surface area contributed by atoms with Gasteiger partial charge in [0.1, 0.15) is 5.60 Å². The molecule has 64 valence electrons. The first kappa shape index (κ1) is 10.4. The zero-order valence-corrected chi connectivity index (χ0v) is 7.64. The zero-order valence-electron chi connectivity index (χ0n) is 7.64. The molecule has 2 nitrogen and oxygen atoms in total. The third-order valence-corrected chi connectivity index (χ3v) is 1.67. The highest BCUT2D eigenvalue weighted by molar-refractivity contribution is 5.84. The largest absolute Gasteiger partial charge is 0.382 e. The number of ketones is 1. The molecule has 0 aliphatic carbocycles. The second-order valence-corrected chi connectivity index (χ2v) is 3.32. The lowest BCUT2D eigenvalue weighted by Gasteiger charge is -2.17. The lowest BCUT2D eigenvalue weighted by molar-refractivity contribution is -0.133. The standard InChI is InChI=1S/C9H16O2/c1-7(2)5-6-9(4,11)8(3)10/h5,11H,6H2,1-4H3/t9-/m1/s1. The average Bonchev–Trinajstić information content (AvgIpc) is 1.84. The summed E-state index contributed by atoms with van der Waals surface area (Å²) in [6, 6.07) is 0. The van der Waals surface area contributed by atoms with Crippen molar-refractivity contribution in [3.05, 3.63) is 11.6 Å². The molecule has 0 aromatic carbocycles. The molecule has 0 amide bonds. The van der Waals surface area contributed by atoms with Gasteiger partial charge in [-0.3, -0.25) is 4.79 Å². The summed E-state index contributed by atoms with van der Waals surface area (Å²) in [5.74, 6) is -0.185. The number of allylic oxidation sites excluding steroid dienone is 1. The molecule has 0 bridgehead atoms. The van der Waals surface area contributed by atoms with Crippen LogP contribution in [-0.2, 0) is 4.79 Å². The Morgan fingerprint density at radius 3 is 2.18 bits per heavy atom. The first-order valence-electron chi connectivity index (χ1n) is 3.73. The van der Waals surface area contributed by atoms with Crippen molar-refractivity contribution in [2.75, 3.05) is 0 Å². The fraction of sp³-hybridized carbons (Fsp3) is 0.667. The highest BCUT2D eigenvalue weighted by Crippen LogP contribution is 2.12. The van der Waals surface area contributed by atoms with Crippen LogP contribution in [0.2, 0.25) is 0 Å². The summed E-state index contributed by atoms with van der Waals surface area (Å²) in [4.78, 5) is 10.8. The van der Waals surface area contributed by atoms with E-state index in [0.29, 0.717) is 6.42 Å². The minimum absolute atomic E-state index is 0.185. The summed E-state index contributed by atoms with van der Waals surface area (Å²) in [5, 5.41) is 9.45. The number of carbonyl (C=O) groups excluding carboxylic acids is 1. The van der Waals surface area contributed by atoms with E-state index in [4.69, 9.17) is 0 Å². The zero-order chi connectivity index (χ0) is 9.07. The number of hydrogen-bond donors (Lipinski definition) is 1. The van der Waals surface area contributed by atoms with Gasteiger partial charge in [0.05, 0.1) is 0 Å². The monoisotopic (exact) mass is 156 g/mol. The van der Waals surface area contributed by atoms with Crippen molar-refractivity contribution < 1.29 is 9.90 Å². The van der Waals surface area contributed by atoms with E-state index >= 15 is 0 Å². The minimum atomic E-state index is -1.18. The van der Waals surface area contributed by atoms with Crippen molar-refractivity contribution >= 4 is 5.78 Å². The Hall–Kier alpha value is -0.630. The molecule has 0 saturated heterocycles. The molecule has 0 aliphatic heterocycles. The van der Waals surface area contributed by atoms with Crippen molar-refractivity contribution in [1.29, 1.82) is 0 Å². The Morgan fingerprint density at radius 1 is 1.45 bits per heavy atom. The van der Waals surface area contributed by atoms with Gasteiger partial charge in [-0.05, 0) is 27.7 Å². The fourth-order valence-corrected chi connectivity index (χ4v) is 0.547. The number of Topliss-reactive ketones (excluding diaryl/α,β-unsaturated/α-hetero) is 1. The van der Waals surface area contributed by atoms with E-state index < -0.39 is 5.60 Å². The molecule has 0 aromatic rings. The molecule has 11 heavy (non-hydrogen) atoms. The second-order valence-electron chi connectivity index (χ2n) is 3.32. The Morgan fingerprint density at radius 2 is 1.91 bits per heavy atom. The maximum atomic E-state index is 10.8. The van der Waals surface area contributed by atoms with Gasteiger partial charge >= 0.3 is 0 Å². The lowest BCUT2D eigenvalue weighted by Crippen LogP contribution is -2.32. The molecule has 0 aromatic heterocycles. The molecular weight excluding hydrogens is 140 g/mol. The van der Waals surface area contributed by atoms with Gasteiger partial charge in [0.2, 0.25) is 0 Å². The maximum absolute atomic E-state index is 10.8. The van der Waals surface area contributed by atoms with Crippen LogP contribution in [0.15, 0.2) is 11.6 Å². The third kappa shape index (κ3) is 3.94. The number of aliphatic hydroxyl groups is 1. The summed E-state index contributed by atoms with van der Waals surface area (Å²) in [5.41, 5.74) is -0.0661. The topological polar surface area (TPSA) is 37.3 Å². The van der Waals surface area contributed by atoms with E-state index in [2.05, 4.69) is 0 Å². The summed E-state index contributed by atoms with van der Waals surface area (Å²) in [6.07, 6.45) is 2.27. The molecule has 0 saturated carbocycles. The minimum Gasteiger partial charge on any atom is -0.382 e. The first-order valence-corrected chi connectivity index (χ1v) is 3.73. The quantitative estimate of drug-likeness (QED) is 0.631. The smallest absolute Gasteiger partial charge is 0.161 e. The van der Waals surface area contributed by atoms with E-state index in [1.807, 2.05) is 19.9 Å². The van der Waals surface area contributed by atoms with Gasteiger partial charge in [0, 0.05) is 6.42 Å². The van der Waals surface area contributed by atoms with Crippen LogP contribution in [0.3, 0.4) is 0 Å². The normalized spacial score (nSPS) is 15.4. The Labute approximate surface area is 67.9 Å². The molecule has 0 radical (unpaired) electrons. The molecule has 0 spiro atoms. The SMILES string of the molecule is CC(=O)[C@](C)(O)CC=C(C)C. The first-order chi connectivity index (χ1) is 4.86. The molecule has 1 atom stereocenters. The van der Waals surface area contributed by atoms with Gasteiger partial charge in [-0.2, -0.15) is 0 Å². The third-order valence-electron chi connectivity index (χ3n) is 1.67. The maximum Gasteiger partial charge on any atom is 0.161 e. The van der Waals surface area contributed by atoms with Crippen LogP contribution in [0.1, 0.15) is 34.1 Å². The number of carbonyl (C=O) groups is 1. The van der Waals surface area contributed by atoms with E-state index in [1.165, 1.54) is 13.8 Å². The predicted molar refractivity (Wildman–Crippen MR) is 45.4 cm³/mol. The molecule has 0 aliphatic rings. The molecule has 0 unspecified atom stereocenters. The summed E-state index contributed by atoms with van der Waals surface area (Å²) in [7, 11) is 0. The summed E-state index contributed by atoms with van der Waals surface area (Å²) < 4.78 is 0. The average molecular weight is 156 g/mol. The molecule has 0 heterocycles. The summed E-state index contributed by atoms with van der Waals surface area (Å²) in [6.45, 7) is 6.82. The van der Waals surface area contributed by atoms with Crippen LogP contribution in [-0.4, -0.2) is 16.5 Å². The lowest BCUT2D eigenvalue weighted by atomic mass is 9.97. The van der Waals surface area contributed by atoms with E-state index in [-0.39, 0.29) is 5.78 Å². The Balaban J connectivity index is 4.14. The van der Waals surface area contributed by atoms with E-state index in [0.717, 1.165) is 5.57 Å². The van der Waals surface area contributed by atoms with Crippen LogP contribution in [0.4, 0.5) is 0 Å². The van der Waals surface area contributed by atoms with Crippen LogP contribution in [0.5, 0.6) is 0 Å². The van der Waals surface area contributed by atoms with E-state index in [9.17, 15) is 9.90 Å². The molecule has 2 heteroatoms. The van der Waals surface area contributed by atoms with Crippen molar-refractivity contribution in [1.82, 2.24) is 0 Å². The van der Waals surface area contributed by atoms with Gasteiger partial charge in [-0.25, -0.2) is 0 Å². The van der Waals surface area contributed by atoms with Gasteiger partial charge in [-0.1, -0.05) is 11.6 Å². The summed E-state index contributed by atoms with van der Waals surface area (Å²) >= 11 is 0.